The maximum absolute atomic E-state index is 4.22. The van der Waals surface area contributed by atoms with Gasteiger partial charge in [-0.05, 0) is 24.1 Å². The van der Waals surface area contributed by atoms with Crippen LogP contribution in [0.15, 0.2) is 29.5 Å². The van der Waals surface area contributed by atoms with Crippen molar-refractivity contribution in [3.05, 3.63) is 24.4 Å². The van der Waals surface area contributed by atoms with Crippen molar-refractivity contribution in [2.45, 2.75) is 0 Å². The molecule has 0 unspecified atom stereocenters. The van der Waals surface area contributed by atoms with Gasteiger partial charge in [-0.3, -0.25) is 0 Å². The molecule has 11 heavy (non-hydrogen) atoms. The summed E-state index contributed by atoms with van der Waals surface area (Å²) in [7, 11) is 0. The number of hydrazine groups is 2. The summed E-state index contributed by atoms with van der Waals surface area (Å²) >= 11 is 1.52. The van der Waals surface area contributed by atoms with Gasteiger partial charge in [0.1, 0.15) is 0 Å². The van der Waals surface area contributed by atoms with Gasteiger partial charge >= 0.3 is 0 Å². The van der Waals surface area contributed by atoms with Crippen LogP contribution in [0.3, 0.4) is 0 Å². The molecule has 2 heterocycles. The quantitative estimate of drug-likeness (QED) is 0.584. The summed E-state index contributed by atoms with van der Waals surface area (Å²) in [5, 5.41) is 6.08. The number of hydrazone groups is 1. The normalized spacial score (nSPS) is 20.6. The van der Waals surface area contributed by atoms with Crippen molar-refractivity contribution in [1.82, 2.24) is 15.1 Å². The van der Waals surface area contributed by atoms with Crippen LogP contribution >= 0.6 is 11.9 Å². The molecule has 0 aromatic heterocycles. The van der Waals surface area contributed by atoms with Gasteiger partial charge in [0.05, 0.1) is 0 Å². The Hall–Kier alpha value is -0.940. The van der Waals surface area contributed by atoms with Crippen molar-refractivity contribution in [2.75, 3.05) is 6.26 Å². The van der Waals surface area contributed by atoms with Gasteiger partial charge in [0.15, 0.2) is 5.84 Å². The van der Waals surface area contributed by atoms with E-state index in [2.05, 4.69) is 10.6 Å². The Kier molecular flexibility index (Phi) is 1.59. The van der Waals surface area contributed by atoms with Gasteiger partial charge in [-0.25, -0.2) is 5.01 Å². The van der Waals surface area contributed by atoms with Gasteiger partial charge in [0.25, 0.3) is 0 Å². The molecule has 4 nitrogen and oxygen atoms in total. The largest absolute Gasteiger partial charge is 0.245 e. The van der Waals surface area contributed by atoms with E-state index in [9.17, 15) is 0 Å². The molecule has 0 saturated carbocycles. The molecule has 0 bridgehead atoms. The fourth-order valence-corrected chi connectivity index (χ4v) is 1.22. The average molecular weight is 168 g/mol. The van der Waals surface area contributed by atoms with E-state index < -0.39 is 0 Å². The summed E-state index contributed by atoms with van der Waals surface area (Å²) in [5.41, 5.74) is 3.03. The lowest BCUT2D eigenvalue weighted by atomic mass is 10.4. The standard InChI is InChI=1S/C6H8N4S/c1-11-10-7-6-4-2-3-5-9(6)8-10/h2-5,8H,1H3. The van der Waals surface area contributed by atoms with Crippen LogP contribution in [0.4, 0.5) is 0 Å². The third kappa shape index (κ3) is 1.12. The zero-order valence-electron chi connectivity index (χ0n) is 6.06. The Morgan fingerprint density at radius 2 is 2.45 bits per heavy atom. The second kappa shape index (κ2) is 2.60. The predicted molar refractivity (Wildman–Crippen MR) is 46.0 cm³/mol. The van der Waals surface area contributed by atoms with Crippen molar-refractivity contribution in [3.63, 3.8) is 0 Å². The van der Waals surface area contributed by atoms with Crippen molar-refractivity contribution >= 4 is 17.8 Å². The number of nitrogens with zero attached hydrogens (tertiary/aromatic N) is 3. The Labute approximate surface area is 69.3 Å². The topological polar surface area (TPSA) is 30.9 Å². The number of fused-ring (bicyclic) bond motifs is 1. The smallest absolute Gasteiger partial charge is 0.171 e. The zero-order valence-corrected chi connectivity index (χ0v) is 6.88. The highest BCUT2D eigenvalue weighted by Gasteiger charge is 2.18. The van der Waals surface area contributed by atoms with E-state index in [0.717, 1.165) is 5.84 Å². The third-order valence-corrected chi connectivity index (χ3v) is 1.91. The molecule has 0 radical (unpaired) electrons. The molecule has 2 rings (SSSR count). The summed E-state index contributed by atoms with van der Waals surface area (Å²) in [4.78, 5) is 0. The summed E-state index contributed by atoms with van der Waals surface area (Å²) in [5.74, 6) is 0.918. The van der Waals surface area contributed by atoms with E-state index in [4.69, 9.17) is 0 Å². The Morgan fingerprint density at radius 3 is 3.18 bits per heavy atom. The molecule has 5 heteroatoms. The Balaban J connectivity index is 2.19. The molecule has 2 aliphatic heterocycles. The molecule has 1 N–H and O–H groups in total. The van der Waals surface area contributed by atoms with Gasteiger partial charge in [0, 0.05) is 12.5 Å². The molecule has 2 aliphatic rings. The lowest BCUT2D eigenvalue weighted by Crippen LogP contribution is -2.36. The van der Waals surface area contributed by atoms with Crippen molar-refractivity contribution in [1.29, 1.82) is 0 Å². The highest BCUT2D eigenvalue weighted by atomic mass is 32.2. The second-order valence-electron chi connectivity index (χ2n) is 2.08. The number of hydrogen-bond donors (Lipinski definition) is 1. The number of amidine groups is 1. The van der Waals surface area contributed by atoms with Crippen LogP contribution in [0, 0.1) is 0 Å². The summed E-state index contributed by atoms with van der Waals surface area (Å²) in [6.45, 7) is 0. The highest BCUT2D eigenvalue weighted by Crippen LogP contribution is 2.13. The lowest BCUT2D eigenvalue weighted by molar-refractivity contribution is 0.268. The van der Waals surface area contributed by atoms with Gasteiger partial charge in [-0.2, -0.15) is 0 Å². The van der Waals surface area contributed by atoms with Gasteiger partial charge in [-0.1, -0.05) is 6.08 Å². The van der Waals surface area contributed by atoms with Crippen molar-refractivity contribution < 1.29 is 0 Å². The first-order chi connectivity index (χ1) is 5.40. The van der Waals surface area contributed by atoms with E-state index in [0.29, 0.717) is 0 Å². The summed E-state index contributed by atoms with van der Waals surface area (Å²) in [6.07, 6.45) is 9.75. The maximum atomic E-state index is 4.22. The number of rotatable bonds is 1. The monoisotopic (exact) mass is 168 g/mol. The van der Waals surface area contributed by atoms with Crippen molar-refractivity contribution in [3.8, 4) is 0 Å². The van der Waals surface area contributed by atoms with Crippen LogP contribution in [-0.4, -0.2) is 21.6 Å². The molecular formula is C6H8N4S. The molecule has 0 fully saturated rings. The number of nitrogens with one attached hydrogen (secondary N) is 1. The van der Waals surface area contributed by atoms with Crippen LogP contribution in [0.25, 0.3) is 0 Å². The van der Waals surface area contributed by atoms with Gasteiger partial charge in [-0.15, -0.1) is 15.2 Å². The molecule has 58 valence electrons. The van der Waals surface area contributed by atoms with E-state index >= 15 is 0 Å². The van der Waals surface area contributed by atoms with Gasteiger partial charge < -0.3 is 0 Å². The molecule has 0 aliphatic carbocycles. The highest BCUT2D eigenvalue weighted by molar-refractivity contribution is 7.96. The minimum Gasteiger partial charge on any atom is -0.245 e. The minimum absolute atomic E-state index is 0.918. The predicted octanol–water partition coefficient (Wildman–Crippen LogP) is 0.699. The van der Waals surface area contributed by atoms with Crippen molar-refractivity contribution in [2.24, 2.45) is 5.10 Å². The molecule has 0 aromatic rings. The SMILES string of the molecule is CSN1N=C2C=CC=CN2N1. The van der Waals surface area contributed by atoms with Crippen LogP contribution in [0.1, 0.15) is 0 Å². The average Bonchev–Trinajstić information content (AvgIpc) is 2.46. The zero-order chi connectivity index (χ0) is 7.68. The molecule has 0 aromatic carbocycles. The Morgan fingerprint density at radius 1 is 1.55 bits per heavy atom. The first kappa shape index (κ1) is 6.75. The Bertz CT molecular complexity index is 245. The maximum Gasteiger partial charge on any atom is 0.171 e. The van der Waals surface area contributed by atoms with E-state index in [1.54, 1.807) is 4.52 Å². The summed E-state index contributed by atoms with van der Waals surface area (Å²) < 4.78 is 1.70. The first-order valence-electron chi connectivity index (χ1n) is 3.23. The van der Waals surface area contributed by atoms with Crippen LogP contribution in [0.2, 0.25) is 0 Å². The second-order valence-corrected chi connectivity index (χ2v) is 2.80. The minimum atomic E-state index is 0.918. The van der Waals surface area contributed by atoms with E-state index in [1.165, 1.54) is 11.9 Å². The van der Waals surface area contributed by atoms with Crippen LogP contribution in [0.5, 0.6) is 0 Å². The van der Waals surface area contributed by atoms with Gasteiger partial charge in [0.2, 0.25) is 0 Å². The first-order valence-corrected chi connectivity index (χ1v) is 4.41. The summed E-state index contributed by atoms with van der Waals surface area (Å²) in [6, 6.07) is 0. The number of hydrogen-bond acceptors (Lipinski definition) is 5. The number of allylic oxidation sites excluding steroid dienone is 2. The fraction of sp³-hybridized carbons (Fsp3) is 0.167. The molecule has 0 spiro atoms. The van der Waals surface area contributed by atoms with E-state index in [-0.39, 0.29) is 0 Å². The molecular weight excluding hydrogens is 160 g/mol. The van der Waals surface area contributed by atoms with Crippen LogP contribution in [-0.2, 0) is 0 Å². The van der Waals surface area contributed by atoms with E-state index in [1.807, 2.05) is 35.7 Å². The molecule has 0 atom stereocenters. The molecule has 0 saturated heterocycles. The fourth-order valence-electron chi connectivity index (χ4n) is 0.889. The lowest BCUT2D eigenvalue weighted by Gasteiger charge is -2.16. The molecule has 0 amide bonds. The van der Waals surface area contributed by atoms with Crippen LogP contribution < -0.4 is 5.53 Å². The third-order valence-electron chi connectivity index (χ3n) is 1.40.